The maximum Gasteiger partial charge on any atom is 0.147 e. The zero-order chi connectivity index (χ0) is 12.4. The lowest BCUT2D eigenvalue weighted by molar-refractivity contribution is -0.118. The molecule has 0 aliphatic heterocycles. The van der Waals surface area contributed by atoms with Crippen LogP contribution >= 0.6 is 0 Å². The summed E-state index contributed by atoms with van der Waals surface area (Å²) in [7, 11) is 1.85. The molecule has 1 unspecified atom stereocenters. The van der Waals surface area contributed by atoms with E-state index < -0.39 is 0 Å². The second-order valence-corrected chi connectivity index (χ2v) is 4.69. The number of allylic oxidation sites excluding steroid dienone is 1. The van der Waals surface area contributed by atoms with E-state index in [1.165, 1.54) is 22.3 Å². The zero-order valence-electron chi connectivity index (χ0n) is 10.7. The SMILES string of the molecule is CNC(CC1=CCc2c(C)cccc21)C(C)=O. The standard InChI is InChI=1S/C15H19NO/c1-10-5-4-6-14-12(7-8-13(10)14)9-15(16-3)11(2)17/h4-7,15-16H,8-9H2,1-3H3. The third-order valence-electron chi connectivity index (χ3n) is 3.57. The third-order valence-corrected chi connectivity index (χ3v) is 3.57. The van der Waals surface area contributed by atoms with Gasteiger partial charge in [0.1, 0.15) is 5.78 Å². The average Bonchev–Trinajstić information content (AvgIpc) is 2.70. The van der Waals surface area contributed by atoms with Crippen LogP contribution in [-0.4, -0.2) is 18.9 Å². The highest BCUT2D eigenvalue weighted by Gasteiger charge is 2.20. The van der Waals surface area contributed by atoms with Gasteiger partial charge in [-0.25, -0.2) is 0 Å². The Kier molecular flexibility index (Phi) is 3.43. The van der Waals surface area contributed by atoms with Gasteiger partial charge in [-0.1, -0.05) is 24.3 Å². The highest BCUT2D eigenvalue weighted by Crippen LogP contribution is 2.32. The van der Waals surface area contributed by atoms with Crippen molar-refractivity contribution in [1.29, 1.82) is 0 Å². The number of ketones is 1. The van der Waals surface area contributed by atoms with E-state index in [-0.39, 0.29) is 11.8 Å². The summed E-state index contributed by atoms with van der Waals surface area (Å²) in [6.07, 6.45) is 4.05. The number of hydrogen-bond donors (Lipinski definition) is 1. The molecule has 0 radical (unpaired) electrons. The fourth-order valence-electron chi connectivity index (χ4n) is 2.47. The third kappa shape index (κ3) is 2.32. The minimum absolute atomic E-state index is 0.0623. The first-order valence-electron chi connectivity index (χ1n) is 6.09. The summed E-state index contributed by atoms with van der Waals surface area (Å²) in [6, 6.07) is 6.34. The number of fused-ring (bicyclic) bond motifs is 1. The van der Waals surface area contributed by atoms with Crippen molar-refractivity contribution >= 4 is 11.4 Å². The van der Waals surface area contributed by atoms with Gasteiger partial charge in [-0.3, -0.25) is 4.79 Å². The van der Waals surface area contributed by atoms with Gasteiger partial charge in [0.2, 0.25) is 0 Å². The number of carbonyl (C=O) groups excluding carboxylic acids is 1. The molecule has 0 spiro atoms. The van der Waals surface area contributed by atoms with Gasteiger partial charge in [0.05, 0.1) is 6.04 Å². The van der Waals surface area contributed by atoms with Crippen molar-refractivity contribution in [1.82, 2.24) is 5.32 Å². The molecule has 90 valence electrons. The lowest BCUT2D eigenvalue weighted by Crippen LogP contribution is -2.32. The van der Waals surface area contributed by atoms with Crippen LogP contribution < -0.4 is 5.32 Å². The van der Waals surface area contributed by atoms with E-state index in [2.05, 4.69) is 36.5 Å². The van der Waals surface area contributed by atoms with Gasteiger partial charge in [0, 0.05) is 0 Å². The van der Waals surface area contributed by atoms with Crippen LogP contribution in [0.2, 0.25) is 0 Å². The summed E-state index contributed by atoms with van der Waals surface area (Å²) in [5, 5.41) is 3.08. The quantitative estimate of drug-likeness (QED) is 0.859. The molecule has 1 atom stereocenters. The van der Waals surface area contributed by atoms with Gasteiger partial charge in [-0.2, -0.15) is 0 Å². The number of Topliss-reactive ketones (excluding diaryl/α,β-unsaturated/α-hetero) is 1. The van der Waals surface area contributed by atoms with E-state index in [9.17, 15) is 4.79 Å². The van der Waals surface area contributed by atoms with Crippen LogP contribution in [0.25, 0.3) is 5.57 Å². The van der Waals surface area contributed by atoms with Gasteiger partial charge in [-0.05, 0) is 56.0 Å². The molecular formula is C15H19NO. The molecule has 0 amide bonds. The average molecular weight is 229 g/mol. The molecule has 1 aromatic rings. The van der Waals surface area contributed by atoms with E-state index in [0.717, 1.165) is 12.8 Å². The molecule has 1 aliphatic rings. The van der Waals surface area contributed by atoms with Crippen LogP contribution in [0.4, 0.5) is 0 Å². The van der Waals surface area contributed by atoms with Crippen molar-refractivity contribution in [2.24, 2.45) is 0 Å². The summed E-state index contributed by atoms with van der Waals surface area (Å²) >= 11 is 0. The number of carbonyl (C=O) groups is 1. The summed E-state index contributed by atoms with van der Waals surface area (Å²) in [6.45, 7) is 3.80. The van der Waals surface area contributed by atoms with Gasteiger partial charge in [0.25, 0.3) is 0 Å². The first-order valence-corrected chi connectivity index (χ1v) is 6.09. The Hall–Kier alpha value is -1.41. The summed E-state index contributed by atoms with van der Waals surface area (Å²) in [4.78, 5) is 11.5. The molecule has 2 heteroatoms. The number of hydrogen-bond acceptors (Lipinski definition) is 2. The Morgan fingerprint density at radius 3 is 2.88 bits per heavy atom. The molecule has 1 N–H and O–H groups in total. The van der Waals surface area contributed by atoms with Crippen molar-refractivity contribution in [2.75, 3.05) is 7.05 Å². The molecule has 2 nitrogen and oxygen atoms in total. The smallest absolute Gasteiger partial charge is 0.147 e. The predicted molar refractivity (Wildman–Crippen MR) is 71.0 cm³/mol. The van der Waals surface area contributed by atoms with Crippen molar-refractivity contribution < 1.29 is 4.79 Å². The maximum atomic E-state index is 11.5. The molecule has 0 heterocycles. The fourth-order valence-corrected chi connectivity index (χ4v) is 2.47. The van der Waals surface area contributed by atoms with E-state index >= 15 is 0 Å². The Morgan fingerprint density at radius 1 is 1.47 bits per heavy atom. The molecule has 0 fully saturated rings. The van der Waals surface area contributed by atoms with E-state index in [0.29, 0.717) is 0 Å². The van der Waals surface area contributed by atoms with Gasteiger partial charge in [0.15, 0.2) is 0 Å². The molecule has 1 aliphatic carbocycles. The lowest BCUT2D eigenvalue weighted by atomic mass is 9.96. The van der Waals surface area contributed by atoms with Gasteiger partial charge in [-0.15, -0.1) is 0 Å². The predicted octanol–water partition coefficient (Wildman–Crippen LogP) is 2.50. The molecular weight excluding hydrogens is 210 g/mol. The minimum Gasteiger partial charge on any atom is -0.310 e. The zero-order valence-corrected chi connectivity index (χ0v) is 10.7. The number of nitrogens with one attached hydrogen (secondary N) is 1. The first kappa shape index (κ1) is 12.1. The topological polar surface area (TPSA) is 29.1 Å². The first-order chi connectivity index (χ1) is 8.13. The highest BCUT2D eigenvalue weighted by molar-refractivity contribution is 5.85. The van der Waals surface area contributed by atoms with Crippen molar-refractivity contribution in [3.05, 3.63) is 41.0 Å². The van der Waals surface area contributed by atoms with Crippen molar-refractivity contribution in [3.8, 4) is 0 Å². The molecule has 1 aromatic carbocycles. The van der Waals surface area contributed by atoms with Gasteiger partial charge < -0.3 is 5.32 Å². The molecule has 0 bridgehead atoms. The number of rotatable bonds is 4. The normalized spacial score (nSPS) is 15.4. The van der Waals surface area contributed by atoms with Crippen LogP contribution in [0, 0.1) is 6.92 Å². The van der Waals surface area contributed by atoms with Crippen LogP contribution in [-0.2, 0) is 11.2 Å². The second kappa shape index (κ2) is 4.84. The maximum absolute atomic E-state index is 11.5. The van der Waals surface area contributed by atoms with E-state index in [4.69, 9.17) is 0 Å². The highest BCUT2D eigenvalue weighted by atomic mass is 16.1. The van der Waals surface area contributed by atoms with Crippen LogP contribution in [0.1, 0.15) is 30.0 Å². The largest absolute Gasteiger partial charge is 0.310 e. The fraction of sp³-hybridized carbons (Fsp3) is 0.400. The van der Waals surface area contributed by atoms with Crippen LogP contribution in [0.3, 0.4) is 0 Å². The molecule has 17 heavy (non-hydrogen) atoms. The number of likely N-dealkylation sites (N-methyl/N-ethyl adjacent to an activating group) is 1. The Balaban J connectivity index is 2.22. The minimum atomic E-state index is -0.0623. The summed E-state index contributed by atoms with van der Waals surface area (Å²) in [5.74, 6) is 0.203. The van der Waals surface area contributed by atoms with Crippen molar-refractivity contribution in [2.45, 2.75) is 32.7 Å². The number of aryl methyl sites for hydroxylation is 1. The lowest BCUT2D eigenvalue weighted by Gasteiger charge is -2.14. The van der Waals surface area contributed by atoms with Crippen LogP contribution in [0.15, 0.2) is 24.3 Å². The van der Waals surface area contributed by atoms with E-state index in [1.807, 2.05) is 7.05 Å². The number of benzene rings is 1. The Labute approximate surface area is 103 Å². The molecule has 0 saturated heterocycles. The second-order valence-electron chi connectivity index (χ2n) is 4.69. The molecule has 0 aromatic heterocycles. The summed E-state index contributed by atoms with van der Waals surface area (Å²) in [5.41, 5.74) is 5.39. The molecule has 2 rings (SSSR count). The Morgan fingerprint density at radius 2 is 2.24 bits per heavy atom. The monoisotopic (exact) mass is 229 g/mol. The Bertz CT molecular complexity index is 474. The summed E-state index contributed by atoms with van der Waals surface area (Å²) < 4.78 is 0. The van der Waals surface area contributed by atoms with E-state index in [1.54, 1.807) is 6.92 Å². The van der Waals surface area contributed by atoms with Crippen LogP contribution in [0.5, 0.6) is 0 Å². The van der Waals surface area contributed by atoms with Gasteiger partial charge >= 0.3 is 0 Å². The molecule has 0 saturated carbocycles. The van der Waals surface area contributed by atoms with Crippen molar-refractivity contribution in [3.63, 3.8) is 0 Å².